The van der Waals surface area contributed by atoms with Gasteiger partial charge in [-0.1, -0.05) is 97.3 Å². The lowest BCUT2D eigenvalue weighted by atomic mass is 10.0. The molecule has 0 fully saturated rings. The highest BCUT2D eigenvalue weighted by Gasteiger charge is 2.06. The smallest absolute Gasteiger partial charge is 0.407 e. The number of rotatable bonds is 19. The third-order valence-corrected chi connectivity index (χ3v) is 4.62. The summed E-state index contributed by atoms with van der Waals surface area (Å²) in [5.74, 6) is -0.402. The summed E-state index contributed by atoms with van der Waals surface area (Å²) in [6.07, 6.45) is 18.1. The fraction of sp³-hybridized carbons (Fsp3) is 0.909. The lowest BCUT2D eigenvalue weighted by Crippen LogP contribution is -2.31. The Hall–Kier alpha value is -1.26. The maximum absolute atomic E-state index is 11.5. The van der Waals surface area contributed by atoms with Crippen LogP contribution >= 0.6 is 0 Å². The quantitative estimate of drug-likeness (QED) is 0.214. The summed E-state index contributed by atoms with van der Waals surface area (Å²) in [6, 6.07) is 0. The molecule has 0 aliphatic carbocycles. The van der Waals surface area contributed by atoms with E-state index in [2.05, 4.69) is 12.2 Å². The van der Waals surface area contributed by atoms with E-state index in [1.807, 2.05) is 6.92 Å². The molecule has 5 heteroatoms. The van der Waals surface area contributed by atoms with Crippen molar-refractivity contribution in [2.45, 2.75) is 110 Å². The minimum Gasteiger partial charge on any atom is -0.464 e. The largest absolute Gasteiger partial charge is 0.464 e. The van der Waals surface area contributed by atoms with Gasteiger partial charge in [0.15, 0.2) is 0 Å². The molecule has 0 rings (SSSR count). The van der Waals surface area contributed by atoms with Crippen LogP contribution in [0.5, 0.6) is 0 Å². The number of carbonyl (C=O) groups is 2. The molecule has 5 nitrogen and oxygen atoms in total. The number of esters is 1. The van der Waals surface area contributed by atoms with Crippen molar-refractivity contribution < 1.29 is 19.1 Å². The number of nitrogens with one attached hydrogen (secondary N) is 1. The van der Waals surface area contributed by atoms with Crippen LogP contribution in [0.4, 0.5) is 4.79 Å². The Kier molecular flexibility index (Phi) is 20.1. The molecular formula is C22H43NO4. The van der Waals surface area contributed by atoms with E-state index in [1.165, 1.54) is 70.6 Å². The van der Waals surface area contributed by atoms with E-state index >= 15 is 0 Å². The Morgan fingerprint density at radius 2 is 1.04 bits per heavy atom. The van der Waals surface area contributed by atoms with Crippen molar-refractivity contribution in [3.63, 3.8) is 0 Å². The fourth-order valence-corrected chi connectivity index (χ4v) is 2.86. The number of unbranched alkanes of at least 4 members (excludes halogenated alkanes) is 13. The molecule has 0 atom stereocenters. The van der Waals surface area contributed by atoms with Crippen LogP contribution < -0.4 is 5.32 Å². The summed E-state index contributed by atoms with van der Waals surface area (Å²) in [4.78, 5) is 22.8. The predicted octanol–water partition coefficient (Wildman–Crippen LogP) is 6.15. The zero-order valence-corrected chi connectivity index (χ0v) is 17.9. The van der Waals surface area contributed by atoms with E-state index in [-0.39, 0.29) is 6.54 Å². The predicted molar refractivity (Wildman–Crippen MR) is 111 cm³/mol. The van der Waals surface area contributed by atoms with Crippen molar-refractivity contribution in [2.24, 2.45) is 0 Å². The highest BCUT2D eigenvalue weighted by Crippen LogP contribution is 2.12. The normalized spacial score (nSPS) is 10.6. The van der Waals surface area contributed by atoms with Crippen molar-refractivity contribution in [3.8, 4) is 0 Å². The summed E-state index contributed by atoms with van der Waals surface area (Å²) < 4.78 is 10.0. The van der Waals surface area contributed by atoms with Crippen LogP contribution in [0.15, 0.2) is 0 Å². The van der Waals surface area contributed by atoms with Gasteiger partial charge in [-0.2, -0.15) is 0 Å². The third kappa shape index (κ3) is 20.9. The molecule has 0 aromatic heterocycles. The van der Waals surface area contributed by atoms with Gasteiger partial charge in [-0.05, 0) is 12.8 Å². The molecule has 0 aromatic rings. The highest BCUT2D eigenvalue weighted by molar-refractivity contribution is 5.77. The standard InChI is InChI=1S/C22H43NO4/c1-3-5-7-8-9-10-11-12-13-14-15-16-17-19-26-21(24)20-23-22(25)27-18-6-4-2/h3-20H2,1-2H3,(H,23,25). The Morgan fingerprint density at radius 1 is 0.593 bits per heavy atom. The van der Waals surface area contributed by atoms with E-state index in [0.29, 0.717) is 13.2 Å². The van der Waals surface area contributed by atoms with Gasteiger partial charge < -0.3 is 14.8 Å². The lowest BCUT2D eigenvalue weighted by Gasteiger charge is -2.07. The number of alkyl carbamates (subject to hydrolysis) is 1. The Labute approximate surface area is 167 Å². The second-order valence-corrected chi connectivity index (χ2v) is 7.31. The molecule has 0 aliphatic heterocycles. The molecule has 0 heterocycles. The number of hydrogen-bond donors (Lipinski definition) is 1. The van der Waals surface area contributed by atoms with E-state index in [9.17, 15) is 9.59 Å². The first-order valence-electron chi connectivity index (χ1n) is 11.3. The molecule has 0 aromatic carbocycles. The lowest BCUT2D eigenvalue weighted by molar-refractivity contribution is -0.142. The zero-order valence-electron chi connectivity index (χ0n) is 17.9. The van der Waals surface area contributed by atoms with Gasteiger partial charge in [0.25, 0.3) is 0 Å². The van der Waals surface area contributed by atoms with Crippen LogP contribution in [0.1, 0.15) is 110 Å². The van der Waals surface area contributed by atoms with Crippen LogP contribution in [-0.2, 0) is 14.3 Å². The average Bonchev–Trinajstić information content (AvgIpc) is 2.67. The second kappa shape index (κ2) is 21.0. The van der Waals surface area contributed by atoms with Crippen molar-refractivity contribution in [1.82, 2.24) is 5.32 Å². The van der Waals surface area contributed by atoms with Gasteiger partial charge in [0.1, 0.15) is 6.54 Å². The minimum absolute atomic E-state index is 0.122. The Bertz CT molecular complexity index is 347. The summed E-state index contributed by atoms with van der Waals surface area (Å²) in [5.41, 5.74) is 0. The first-order chi connectivity index (χ1) is 13.2. The average molecular weight is 386 g/mol. The first kappa shape index (κ1) is 25.7. The fourth-order valence-electron chi connectivity index (χ4n) is 2.86. The molecule has 0 saturated carbocycles. The van der Waals surface area contributed by atoms with Crippen molar-refractivity contribution in [2.75, 3.05) is 19.8 Å². The number of ether oxygens (including phenoxy) is 2. The van der Waals surface area contributed by atoms with Crippen LogP contribution in [0.3, 0.4) is 0 Å². The molecule has 1 N–H and O–H groups in total. The Morgan fingerprint density at radius 3 is 1.56 bits per heavy atom. The SMILES string of the molecule is CCCCCCCCCCCCCCCOC(=O)CNC(=O)OCCCC. The molecule has 1 amide bonds. The van der Waals surface area contributed by atoms with Gasteiger partial charge in [-0.25, -0.2) is 4.79 Å². The van der Waals surface area contributed by atoms with Gasteiger partial charge in [0, 0.05) is 0 Å². The number of amides is 1. The van der Waals surface area contributed by atoms with Crippen molar-refractivity contribution in [1.29, 1.82) is 0 Å². The number of carbonyl (C=O) groups excluding carboxylic acids is 2. The minimum atomic E-state index is -0.554. The maximum atomic E-state index is 11.5. The molecule has 0 saturated heterocycles. The zero-order chi connectivity index (χ0) is 20.0. The van der Waals surface area contributed by atoms with Crippen LogP contribution in [-0.4, -0.2) is 31.8 Å². The van der Waals surface area contributed by atoms with Crippen molar-refractivity contribution in [3.05, 3.63) is 0 Å². The molecular weight excluding hydrogens is 342 g/mol. The topological polar surface area (TPSA) is 64.6 Å². The maximum Gasteiger partial charge on any atom is 0.407 e. The highest BCUT2D eigenvalue weighted by atomic mass is 16.6. The summed E-state index contributed by atoms with van der Waals surface area (Å²) in [5, 5.41) is 2.41. The molecule has 0 aliphatic rings. The third-order valence-electron chi connectivity index (χ3n) is 4.62. The molecule has 160 valence electrons. The molecule has 0 radical (unpaired) electrons. The summed E-state index contributed by atoms with van der Waals surface area (Å²) in [7, 11) is 0. The van der Waals surface area contributed by atoms with Gasteiger partial charge in [0.05, 0.1) is 13.2 Å². The van der Waals surface area contributed by atoms with Gasteiger partial charge >= 0.3 is 12.1 Å². The molecule has 0 bridgehead atoms. The monoisotopic (exact) mass is 385 g/mol. The van der Waals surface area contributed by atoms with Gasteiger partial charge in [-0.3, -0.25) is 4.79 Å². The van der Waals surface area contributed by atoms with E-state index in [1.54, 1.807) is 0 Å². The van der Waals surface area contributed by atoms with Crippen LogP contribution in [0, 0.1) is 0 Å². The molecule has 0 unspecified atom stereocenters. The first-order valence-corrected chi connectivity index (χ1v) is 11.3. The Balaban J connectivity index is 3.23. The second-order valence-electron chi connectivity index (χ2n) is 7.31. The van der Waals surface area contributed by atoms with Gasteiger partial charge in [0.2, 0.25) is 0 Å². The molecule has 27 heavy (non-hydrogen) atoms. The van der Waals surface area contributed by atoms with Crippen LogP contribution in [0.25, 0.3) is 0 Å². The van der Waals surface area contributed by atoms with Gasteiger partial charge in [-0.15, -0.1) is 0 Å². The van der Waals surface area contributed by atoms with E-state index < -0.39 is 12.1 Å². The summed E-state index contributed by atoms with van der Waals surface area (Å²) in [6.45, 7) is 4.98. The summed E-state index contributed by atoms with van der Waals surface area (Å²) >= 11 is 0. The van der Waals surface area contributed by atoms with E-state index in [0.717, 1.165) is 25.7 Å². The van der Waals surface area contributed by atoms with Crippen LogP contribution in [0.2, 0.25) is 0 Å². The molecule has 0 spiro atoms. The number of hydrogen-bond acceptors (Lipinski definition) is 4. The van der Waals surface area contributed by atoms with E-state index in [4.69, 9.17) is 9.47 Å². The van der Waals surface area contributed by atoms with Crippen molar-refractivity contribution >= 4 is 12.1 Å².